The summed E-state index contributed by atoms with van der Waals surface area (Å²) in [5.74, 6) is 0.721. The number of aliphatic imine (C=N–C) groups is 2. The summed E-state index contributed by atoms with van der Waals surface area (Å²) in [5.41, 5.74) is 3.42. The number of allylic oxidation sites excluding steroid dienone is 2. The zero-order valence-corrected chi connectivity index (χ0v) is 24.5. The summed E-state index contributed by atoms with van der Waals surface area (Å²) in [4.78, 5) is 37.3. The van der Waals surface area contributed by atoms with E-state index in [1.807, 2.05) is 18.3 Å². The molecule has 2 aromatic rings. The van der Waals surface area contributed by atoms with E-state index < -0.39 is 0 Å². The van der Waals surface area contributed by atoms with Gasteiger partial charge < -0.3 is 20.9 Å². The molecule has 0 bridgehead atoms. The van der Waals surface area contributed by atoms with Gasteiger partial charge in [0, 0.05) is 53.5 Å². The molecule has 1 unspecified atom stereocenters. The highest BCUT2D eigenvalue weighted by Gasteiger charge is 2.21. The second kappa shape index (κ2) is 19.8. The minimum atomic E-state index is -0.357. The third-order valence-corrected chi connectivity index (χ3v) is 6.77. The van der Waals surface area contributed by atoms with Crippen LogP contribution in [0, 0.1) is 12.8 Å². The smallest absolute Gasteiger partial charge is 0.242 e. The zero-order chi connectivity index (χ0) is 29.8. The summed E-state index contributed by atoms with van der Waals surface area (Å²) in [7, 11) is 1.64. The fourth-order valence-corrected chi connectivity index (χ4v) is 4.53. The van der Waals surface area contributed by atoms with Crippen LogP contribution in [0.5, 0.6) is 0 Å². The summed E-state index contributed by atoms with van der Waals surface area (Å²) in [6.45, 7) is 12.1. The highest BCUT2D eigenvalue weighted by atomic mass is 32.2. The van der Waals surface area contributed by atoms with Crippen LogP contribution in [-0.2, 0) is 16.1 Å². The molecule has 0 radical (unpaired) electrons. The lowest BCUT2D eigenvalue weighted by atomic mass is 10.1. The lowest BCUT2D eigenvalue weighted by Crippen LogP contribution is -2.45. The summed E-state index contributed by atoms with van der Waals surface area (Å²) >= 11 is 1.79. The monoisotopic (exact) mass is 560 g/mol. The number of aromatic nitrogens is 1. The van der Waals surface area contributed by atoms with Gasteiger partial charge in [0.15, 0.2) is 0 Å². The van der Waals surface area contributed by atoms with Crippen LogP contribution < -0.4 is 16.0 Å². The SMILES string of the molecule is C#C.C=CCC(=O)NC1CCCCNC1=O.C=NC.CC1=C(C)Sc2ccccc2C(=NCc2cccnc2)N1. The highest BCUT2D eigenvalue weighted by Crippen LogP contribution is 2.33. The molecule has 1 saturated heterocycles. The van der Waals surface area contributed by atoms with Crippen molar-refractivity contribution in [1.82, 2.24) is 20.9 Å². The standard InChI is InChI=1S/C17H17N3S.C10H16N2O2.C2H5N.C2H2/c1-12-13(2)21-16-8-4-3-7-15(16)17(20-12)19-11-14-6-5-9-18-10-14;1-2-5-9(13)12-8-6-3-4-7-11-10(8)14;1-3-2;1-2/h3-10H,11H2,1-2H3,(H,19,20);2,8H,1,3-7H2,(H,11,14)(H,12,13);1H2,2H3;1-2H. The lowest BCUT2D eigenvalue weighted by molar-refractivity contribution is -0.128. The molecule has 0 spiro atoms. The molecule has 8 nitrogen and oxygen atoms in total. The number of carbonyl (C=O) groups excluding carboxylic acids is 2. The summed E-state index contributed by atoms with van der Waals surface area (Å²) in [6, 6.07) is 12.0. The van der Waals surface area contributed by atoms with E-state index in [-0.39, 0.29) is 24.3 Å². The van der Waals surface area contributed by atoms with Crippen molar-refractivity contribution in [3.05, 3.63) is 83.2 Å². The zero-order valence-electron chi connectivity index (χ0n) is 23.7. The van der Waals surface area contributed by atoms with Gasteiger partial charge in [-0.25, -0.2) is 0 Å². The summed E-state index contributed by atoms with van der Waals surface area (Å²) < 4.78 is 0. The first-order chi connectivity index (χ1) is 19.4. The van der Waals surface area contributed by atoms with Crippen LogP contribution in [0.15, 0.2) is 86.9 Å². The quantitative estimate of drug-likeness (QED) is 0.274. The van der Waals surface area contributed by atoms with Crippen molar-refractivity contribution >= 4 is 36.1 Å². The van der Waals surface area contributed by atoms with Gasteiger partial charge in [-0.1, -0.05) is 42.1 Å². The number of hydrogen-bond acceptors (Lipinski definition) is 6. The predicted octanol–water partition coefficient (Wildman–Crippen LogP) is 4.89. The van der Waals surface area contributed by atoms with Crippen LogP contribution >= 0.6 is 11.8 Å². The van der Waals surface area contributed by atoms with Crippen molar-refractivity contribution in [2.75, 3.05) is 13.6 Å². The minimum Gasteiger partial charge on any atom is -0.354 e. The molecule has 2 aliphatic heterocycles. The van der Waals surface area contributed by atoms with Gasteiger partial charge in [-0.2, -0.15) is 0 Å². The Balaban J connectivity index is 0.000000366. The van der Waals surface area contributed by atoms with Crippen LogP contribution in [0.3, 0.4) is 0 Å². The number of pyridine rings is 1. The van der Waals surface area contributed by atoms with Gasteiger partial charge in [-0.05, 0) is 57.5 Å². The van der Waals surface area contributed by atoms with E-state index in [1.165, 1.54) is 15.9 Å². The van der Waals surface area contributed by atoms with Crippen molar-refractivity contribution in [3.8, 4) is 12.8 Å². The summed E-state index contributed by atoms with van der Waals surface area (Å²) in [6.07, 6.45) is 16.1. The topological polar surface area (TPSA) is 108 Å². The molecule has 2 amide bonds. The average Bonchev–Trinajstić information content (AvgIpc) is 3.24. The largest absolute Gasteiger partial charge is 0.354 e. The van der Waals surface area contributed by atoms with Crippen LogP contribution in [0.1, 0.15) is 50.7 Å². The third-order valence-electron chi connectivity index (χ3n) is 5.58. The Labute approximate surface area is 243 Å². The summed E-state index contributed by atoms with van der Waals surface area (Å²) in [5, 5.41) is 8.89. The maximum atomic E-state index is 11.4. The Morgan fingerprint density at radius 3 is 2.62 bits per heavy atom. The molecule has 2 aliphatic rings. The minimum absolute atomic E-state index is 0.0695. The van der Waals surface area contributed by atoms with Crippen molar-refractivity contribution in [3.63, 3.8) is 0 Å². The number of amidine groups is 1. The fourth-order valence-electron chi connectivity index (χ4n) is 3.57. The van der Waals surface area contributed by atoms with E-state index in [0.29, 0.717) is 13.1 Å². The highest BCUT2D eigenvalue weighted by molar-refractivity contribution is 8.03. The van der Waals surface area contributed by atoms with Gasteiger partial charge in [0.2, 0.25) is 11.8 Å². The average molecular weight is 561 g/mol. The number of amides is 2. The Morgan fingerprint density at radius 2 is 1.95 bits per heavy atom. The Bertz CT molecular complexity index is 1190. The Morgan fingerprint density at radius 1 is 1.23 bits per heavy atom. The maximum Gasteiger partial charge on any atom is 0.242 e. The number of nitrogens with one attached hydrogen (secondary N) is 3. The normalized spacial score (nSPS) is 16.7. The van der Waals surface area contributed by atoms with E-state index >= 15 is 0 Å². The first-order valence-corrected chi connectivity index (χ1v) is 13.7. The molecule has 40 heavy (non-hydrogen) atoms. The van der Waals surface area contributed by atoms with Gasteiger partial charge in [0.05, 0.1) is 6.54 Å². The Hall–Kier alpha value is -4.16. The molecule has 9 heteroatoms. The van der Waals surface area contributed by atoms with Gasteiger partial charge in [0.1, 0.15) is 11.9 Å². The lowest BCUT2D eigenvalue weighted by Gasteiger charge is -2.14. The molecule has 3 heterocycles. The molecule has 1 fully saturated rings. The van der Waals surface area contributed by atoms with E-state index in [2.05, 4.69) is 90.2 Å². The number of carbonyl (C=O) groups is 2. The van der Waals surface area contributed by atoms with E-state index in [9.17, 15) is 9.59 Å². The number of hydrogen-bond donors (Lipinski definition) is 3. The molecule has 1 aromatic heterocycles. The first kappa shape index (κ1) is 33.9. The molecule has 0 saturated carbocycles. The molecule has 0 aliphatic carbocycles. The fraction of sp³-hybridized carbons (Fsp3) is 0.323. The molecule has 3 N–H and O–H groups in total. The van der Waals surface area contributed by atoms with Crippen LogP contribution in [-0.4, -0.2) is 49.0 Å². The van der Waals surface area contributed by atoms with Gasteiger partial charge in [-0.15, -0.1) is 19.4 Å². The van der Waals surface area contributed by atoms with Crippen LogP contribution in [0.2, 0.25) is 0 Å². The molecule has 1 aromatic carbocycles. The Kier molecular flexibility index (Phi) is 16.8. The third kappa shape index (κ3) is 12.1. The van der Waals surface area contributed by atoms with E-state index in [4.69, 9.17) is 4.99 Å². The first-order valence-electron chi connectivity index (χ1n) is 12.9. The van der Waals surface area contributed by atoms with Gasteiger partial charge >= 0.3 is 0 Å². The molecule has 212 valence electrons. The molecular formula is C31H40N6O2S. The van der Waals surface area contributed by atoms with E-state index in [0.717, 1.165) is 41.9 Å². The van der Waals surface area contributed by atoms with Crippen LogP contribution in [0.4, 0.5) is 0 Å². The number of terminal acetylenes is 1. The molecule has 1 atom stereocenters. The predicted molar refractivity (Wildman–Crippen MR) is 167 cm³/mol. The van der Waals surface area contributed by atoms with Crippen molar-refractivity contribution < 1.29 is 9.59 Å². The molecule has 4 rings (SSSR count). The van der Waals surface area contributed by atoms with Gasteiger partial charge in [0.25, 0.3) is 0 Å². The number of fused-ring (bicyclic) bond motifs is 1. The second-order valence-corrected chi connectivity index (χ2v) is 9.90. The van der Waals surface area contributed by atoms with Crippen molar-refractivity contribution in [2.24, 2.45) is 9.98 Å². The number of benzene rings is 1. The second-order valence-electron chi connectivity index (χ2n) is 8.65. The van der Waals surface area contributed by atoms with E-state index in [1.54, 1.807) is 25.0 Å². The van der Waals surface area contributed by atoms with Crippen LogP contribution in [0.25, 0.3) is 0 Å². The maximum absolute atomic E-state index is 11.4. The van der Waals surface area contributed by atoms with Gasteiger partial charge in [-0.3, -0.25) is 19.6 Å². The molecular weight excluding hydrogens is 520 g/mol. The van der Waals surface area contributed by atoms with Crippen molar-refractivity contribution in [1.29, 1.82) is 0 Å². The van der Waals surface area contributed by atoms with Crippen molar-refractivity contribution in [2.45, 2.75) is 57.0 Å². The number of nitrogens with zero attached hydrogens (tertiary/aromatic N) is 3. The number of rotatable bonds is 5. The number of thioether (sulfide) groups is 1.